The highest BCUT2D eigenvalue weighted by Gasteiger charge is 2.59. The third kappa shape index (κ3) is 1.92. The molecule has 0 heterocycles. The van der Waals surface area contributed by atoms with E-state index in [4.69, 9.17) is 4.74 Å². The summed E-state index contributed by atoms with van der Waals surface area (Å²) in [7, 11) is 1.91. The lowest BCUT2D eigenvalue weighted by Gasteiger charge is -2.58. The van der Waals surface area contributed by atoms with Crippen molar-refractivity contribution in [3.05, 3.63) is 11.6 Å². The monoisotopic (exact) mass is 304 g/mol. The summed E-state index contributed by atoms with van der Waals surface area (Å²) < 4.78 is 5.86. The van der Waals surface area contributed by atoms with Gasteiger partial charge in [0.15, 0.2) is 0 Å². The van der Waals surface area contributed by atoms with E-state index in [1.165, 1.54) is 44.9 Å². The molecule has 0 aromatic rings. The zero-order valence-corrected chi connectivity index (χ0v) is 14.5. The SMILES string of the molecule is COC1CCC2C3CCC4=CC(O)CCC4(C)C3CCC12C. The average Bonchev–Trinajstić information content (AvgIpc) is 2.84. The molecule has 4 aliphatic carbocycles. The van der Waals surface area contributed by atoms with Crippen LogP contribution in [0.4, 0.5) is 0 Å². The van der Waals surface area contributed by atoms with Crippen molar-refractivity contribution < 1.29 is 9.84 Å². The van der Waals surface area contributed by atoms with Crippen molar-refractivity contribution in [2.45, 2.75) is 77.4 Å². The standard InChI is InChI=1S/C20H32O2/c1-19-10-8-14(21)12-13(19)4-5-15-16-6-7-18(22-3)20(16,2)11-9-17(15)19/h12,14-18,21H,4-11H2,1-3H3. The molecule has 0 saturated heterocycles. The van der Waals surface area contributed by atoms with Gasteiger partial charge >= 0.3 is 0 Å². The summed E-state index contributed by atoms with van der Waals surface area (Å²) in [6.07, 6.45) is 12.6. The van der Waals surface area contributed by atoms with E-state index in [1.54, 1.807) is 5.57 Å². The lowest BCUT2D eigenvalue weighted by molar-refractivity contribution is -0.0865. The minimum absolute atomic E-state index is 0.183. The first-order valence-corrected chi connectivity index (χ1v) is 9.41. The number of ether oxygens (including phenoxy) is 1. The van der Waals surface area contributed by atoms with Gasteiger partial charge in [0, 0.05) is 7.11 Å². The molecule has 124 valence electrons. The number of allylic oxidation sites excluding steroid dienone is 1. The predicted molar refractivity (Wildman–Crippen MR) is 88.5 cm³/mol. The molecular formula is C20H32O2. The Labute approximate surface area is 135 Å². The lowest BCUT2D eigenvalue weighted by atomic mass is 9.47. The fourth-order valence-corrected chi connectivity index (χ4v) is 7.05. The summed E-state index contributed by atoms with van der Waals surface area (Å²) in [5, 5.41) is 10.0. The fourth-order valence-electron chi connectivity index (χ4n) is 7.05. The first kappa shape index (κ1) is 15.2. The molecule has 2 nitrogen and oxygen atoms in total. The van der Waals surface area contributed by atoms with Crippen LogP contribution in [0.25, 0.3) is 0 Å². The van der Waals surface area contributed by atoms with Gasteiger partial charge in [0.1, 0.15) is 0 Å². The van der Waals surface area contributed by atoms with Crippen molar-refractivity contribution in [1.82, 2.24) is 0 Å². The average molecular weight is 304 g/mol. The van der Waals surface area contributed by atoms with Crippen LogP contribution in [0.3, 0.4) is 0 Å². The Morgan fingerprint density at radius 1 is 1.05 bits per heavy atom. The van der Waals surface area contributed by atoms with Gasteiger partial charge in [-0.15, -0.1) is 0 Å². The highest BCUT2D eigenvalue weighted by molar-refractivity contribution is 5.25. The van der Waals surface area contributed by atoms with Crippen LogP contribution in [-0.2, 0) is 4.74 Å². The van der Waals surface area contributed by atoms with Crippen molar-refractivity contribution in [3.63, 3.8) is 0 Å². The van der Waals surface area contributed by atoms with Crippen LogP contribution >= 0.6 is 0 Å². The maximum absolute atomic E-state index is 10.0. The van der Waals surface area contributed by atoms with Gasteiger partial charge in [0.25, 0.3) is 0 Å². The predicted octanol–water partition coefficient (Wildman–Crippen LogP) is 4.33. The summed E-state index contributed by atoms with van der Waals surface area (Å²) in [6.45, 7) is 5.01. The number of hydrogen-bond donors (Lipinski definition) is 1. The Morgan fingerprint density at radius 2 is 1.86 bits per heavy atom. The number of aliphatic hydroxyl groups is 1. The number of hydrogen-bond acceptors (Lipinski definition) is 2. The molecule has 0 spiro atoms. The smallest absolute Gasteiger partial charge is 0.0724 e. The number of methoxy groups -OCH3 is 1. The fraction of sp³-hybridized carbons (Fsp3) is 0.900. The van der Waals surface area contributed by atoms with Crippen molar-refractivity contribution in [2.75, 3.05) is 7.11 Å². The Kier molecular flexibility index (Phi) is 3.51. The Balaban J connectivity index is 1.65. The summed E-state index contributed by atoms with van der Waals surface area (Å²) in [6, 6.07) is 0. The lowest BCUT2D eigenvalue weighted by Crippen LogP contribution is -2.51. The van der Waals surface area contributed by atoms with Gasteiger partial charge in [-0.3, -0.25) is 0 Å². The van der Waals surface area contributed by atoms with Crippen molar-refractivity contribution in [2.24, 2.45) is 28.6 Å². The molecule has 0 aliphatic heterocycles. The van der Waals surface area contributed by atoms with Gasteiger partial charge in [0.2, 0.25) is 0 Å². The Morgan fingerprint density at radius 3 is 2.64 bits per heavy atom. The molecule has 4 rings (SSSR count). The van der Waals surface area contributed by atoms with Gasteiger partial charge in [-0.05, 0) is 80.0 Å². The molecule has 0 aromatic carbocycles. The summed E-state index contributed by atoms with van der Waals surface area (Å²) in [5.41, 5.74) is 2.37. The second-order valence-electron chi connectivity index (χ2n) is 8.98. The van der Waals surface area contributed by atoms with Gasteiger partial charge < -0.3 is 9.84 Å². The molecule has 7 unspecified atom stereocenters. The highest BCUT2D eigenvalue weighted by atomic mass is 16.5. The van der Waals surface area contributed by atoms with Crippen molar-refractivity contribution in [1.29, 1.82) is 0 Å². The Hall–Kier alpha value is -0.340. The third-order valence-corrected chi connectivity index (χ3v) is 8.29. The van der Waals surface area contributed by atoms with Crippen LogP contribution in [0.5, 0.6) is 0 Å². The molecular weight excluding hydrogens is 272 g/mol. The van der Waals surface area contributed by atoms with Gasteiger partial charge in [-0.2, -0.15) is 0 Å². The van der Waals surface area contributed by atoms with Crippen LogP contribution in [0.1, 0.15) is 65.2 Å². The molecule has 2 heteroatoms. The molecule has 1 N–H and O–H groups in total. The minimum Gasteiger partial charge on any atom is -0.389 e. The van der Waals surface area contributed by atoms with Gasteiger partial charge in [-0.25, -0.2) is 0 Å². The first-order chi connectivity index (χ1) is 10.5. The molecule has 0 aromatic heterocycles. The maximum Gasteiger partial charge on any atom is 0.0724 e. The second kappa shape index (κ2) is 5.08. The van der Waals surface area contributed by atoms with Crippen LogP contribution < -0.4 is 0 Å². The van der Waals surface area contributed by atoms with E-state index in [0.717, 1.165) is 24.2 Å². The van der Waals surface area contributed by atoms with Crippen LogP contribution in [0, 0.1) is 28.6 Å². The summed E-state index contributed by atoms with van der Waals surface area (Å²) >= 11 is 0. The zero-order chi connectivity index (χ0) is 15.5. The summed E-state index contributed by atoms with van der Waals surface area (Å²) in [5.74, 6) is 2.59. The second-order valence-corrected chi connectivity index (χ2v) is 8.98. The Bertz CT molecular complexity index is 484. The molecule has 4 aliphatic rings. The topological polar surface area (TPSA) is 29.5 Å². The van der Waals surface area contributed by atoms with E-state index in [-0.39, 0.29) is 6.10 Å². The minimum atomic E-state index is -0.183. The van der Waals surface area contributed by atoms with E-state index >= 15 is 0 Å². The molecule has 0 bridgehead atoms. The van der Waals surface area contributed by atoms with Crippen LogP contribution in [0.2, 0.25) is 0 Å². The van der Waals surface area contributed by atoms with Crippen molar-refractivity contribution in [3.8, 4) is 0 Å². The number of aliphatic hydroxyl groups excluding tert-OH is 1. The van der Waals surface area contributed by atoms with Crippen LogP contribution in [-0.4, -0.2) is 24.4 Å². The van der Waals surface area contributed by atoms with Crippen LogP contribution in [0.15, 0.2) is 11.6 Å². The highest BCUT2D eigenvalue weighted by Crippen LogP contribution is 2.65. The molecule has 3 fully saturated rings. The molecule has 0 amide bonds. The quantitative estimate of drug-likeness (QED) is 0.731. The molecule has 3 saturated carbocycles. The van der Waals surface area contributed by atoms with Crippen molar-refractivity contribution >= 4 is 0 Å². The molecule has 22 heavy (non-hydrogen) atoms. The number of fused-ring (bicyclic) bond motifs is 5. The zero-order valence-electron chi connectivity index (χ0n) is 14.5. The van der Waals surface area contributed by atoms with E-state index < -0.39 is 0 Å². The third-order valence-electron chi connectivity index (χ3n) is 8.29. The largest absolute Gasteiger partial charge is 0.389 e. The summed E-state index contributed by atoms with van der Waals surface area (Å²) in [4.78, 5) is 0. The molecule has 7 atom stereocenters. The van der Waals surface area contributed by atoms with Gasteiger partial charge in [0.05, 0.1) is 12.2 Å². The van der Waals surface area contributed by atoms with E-state index in [2.05, 4.69) is 19.9 Å². The van der Waals surface area contributed by atoms with E-state index in [1.807, 2.05) is 7.11 Å². The maximum atomic E-state index is 10.0. The van der Waals surface area contributed by atoms with E-state index in [0.29, 0.717) is 16.9 Å². The normalized spacial score (nSPS) is 54.2. The van der Waals surface area contributed by atoms with E-state index in [9.17, 15) is 5.11 Å². The number of rotatable bonds is 1. The molecule has 0 radical (unpaired) electrons. The first-order valence-electron chi connectivity index (χ1n) is 9.41. The van der Waals surface area contributed by atoms with Gasteiger partial charge in [-0.1, -0.05) is 25.5 Å².